The lowest BCUT2D eigenvalue weighted by Crippen LogP contribution is -2.37. The zero-order chi connectivity index (χ0) is 28.6. The normalized spacial score (nSPS) is 15.7. The van der Waals surface area contributed by atoms with Crippen LogP contribution in [0.1, 0.15) is 61.0 Å². The van der Waals surface area contributed by atoms with Crippen LogP contribution in [0.15, 0.2) is 59.8 Å². The van der Waals surface area contributed by atoms with Crippen LogP contribution in [0.3, 0.4) is 0 Å². The van der Waals surface area contributed by atoms with E-state index in [0.717, 1.165) is 72.6 Å². The van der Waals surface area contributed by atoms with E-state index in [1.807, 2.05) is 35.2 Å². The van der Waals surface area contributed by atoms with E-state index in [0.29, 0.717) is 12.5 Å². The van der Waals surface area contributed by atoms with Crippen LogP contribution in [0, 0.1) is 19.8 Å². The van der Waals surface area contributed by atoms with E-state index < -0.39 is 12.0 Å². The average molecular weight is 547 g/mol. The summed E-state index contributed by atoms with van der Waals surface area (Å²) in [5, 5.41) is 13.3. The maximum absolute atomic E-state index is 13.0. The SMILES string of the molecule is Cc1cccc(C)c1-c1cncc([C@H](CC(=O)O)NCC(CC(C)C)n2cc(CN3CCOCC3)ccc2=O)c1. The number of hydrogen-bond acceptors (Lipinski definition) is 6. The monoisotopic (exact) mass is 546 g/mol. The molecule has 2 atom stereocenters. The highest BCUT2D eigenvalue weighted by atomic mass is 16.5. The Morgan fingerprint density at radius 2 is 1.82 bits per heavy atom. The summed E-state index contributed by atoms with van der Waals surface area (Å²) < 4.78 is 7.30. The summed E-state index contributed by atoms with van der Waals surface area (Å²) in [6.07, 6.45) is 6.25. The fraction of sp³-hybridized carbons (Fsp3) is 0.469. The minimum Gasteiger partial charge on any atom is -0.481 e. The summed E-state index contributed by atoms with van der Waals surface area (Å²) in [5.41, 5.74) is 6.24. The largest absolute Gasteiger partial charge is 0.481 e. The van der Waals surface area contributed by atoms with Gasteiger partial charge in [-0.1, -0.05) is 38.1 Å². The first kappa shape index (κ1) is 29.6. The Kier molecular flexibility index (Phi) is 10.3. The van der Waals surface area contributed by atoms with Gasteiger partial charge in [-0.2, -0.15) is 0 Å². The molecule has 4 rings (SSSR count). The molecule has 1 unspecified atom stereocenters. The number of rotatable bonds is 12. The highest BCUT2D eigenvalue weighted by Gasteiger charge is 2.22. The first-order valence-electron chi connectivity index (χ1n) is 14.2. The number of hydrogen-bond donors (Lipinski definition) is 2. The molecule has 8 nitrogen and oxygen atoms in total. The summed E-state index contributed by atoms with van der Waals surface area (Å²) in [6, 6.07) is 11.2. The molecule has 1 saturated heterocycles. The summed E-state index contributed by atoms with van der Waals surface area (Å²) in [7, 11) is 0. The van der Waals surface area contributed by atoms with Crippen LogP contribution >= 0.6 is 0 Å². The van der Waals surface area contributed by atoms with E-state index in [1.54, 1.807) is 12.3 Å². The highest BCUT2D eigenvalue weighted by Crippen LogP contribution is 2.29. The van der Waals surface area contributed by atoms with Crippen LogP contribution in [0.5, 0.6) is 0 Å². The molecular weight excluding hydrogens is 504 g/mol. The van der Waals surface area contributed by atoms with Crippen molar-refractivity contribution in [3.05, 3.63) is 87.6 Å². The van der Waals surface area contributed by atoms with Crippen molar-refractivity contribution in [3.8, 4) is 11.1 Å². The van der Waals surface area contributed by atoms with Crippen molar-refractivity contribution in [2.75, 3.05) is 32.8 Å². The van der Waals surface area contributed by atoms with Gasteiger partial charge in [0, 0.05) is 68.5 Å². The number of benzene rings is 1. The van der Waals surface area contributed by atoms with E-state index >= 15 is 0 Å². The van der Waals surface area contributed by atoms with E-state index in [4.69, 9.17) is 4.74 Å². The average Bonchev–Trinajstić information content (AvgIpc) is 2.91. The third-order valence-electron chi connectivity index (χ3n) is 7.56. The van der Waals surface area contributed by atoms with Crippen molar-refractivity contribution in [1.29, 1.82) is 0 Å². The molecule has 3 aromatic rings. The van der Waals surface area contributed by atoms with Crippen molar-refractivity contribution in [1.82, 2.24) is 19.8 Å². The number of aryl methyl sites for hydroxylation is 2. The zero-order valence-corrected chi connectivity index (χ0v) is 24.1. The van der Waals surface area contributed by atoms with Gasteiger partial charge in [0.1, 0.15) is 0 Å². The lowest BCUT2D eigenvalue weighted by molar-refractivity contribution is -0.137. The molecule has 1 aromatic carbocycles. The molecule has 3 heterocycles. The minimum absolute atomic E-state index is 0.0494. The molecule has 0 bridgehead atoms. The number of aromatic nitrogens is 2. The first-order valence-corrected chi connectivity index (χ1v) is 14.2. The number of nitrogens with zero attached hydrogens (tertiary/aromatic N) is 3. The van der Waals surface area contributed by atoms with Crippen LogP contribution < -0.4 is 10.9 Å². The number of pyridine rings is 2. The number of morpholine rings is 1. The fourth-order valence-corrected chi connectivity index (χ4v) is 5.60. The summed E-state index contributed by atoms with van der Waals surface area (Å²) in [5.74, 6) is -0.534. The van der Waals surface area contributed by atoms with E-state index in [9.17, 15) is 14.7 Å². The van der Waals surface area contributed by atoms with Gasteiger partial charge in [0.2, 0.25) is 0 Å². The van der Waals surface area contributed by atoms with Crippen molar-refractivity contribution in [2.45, 2.75) is 59.2 Å². The predicted molar refractivity (Wildman–Crippen MR) is 157 cm³/mol. The van der Waals surface area contributed by atoms with Crippen LogP contribution in [-0.2, 0) is 16.1 Å². The third kappa shape index (κ3) is 7.87. The van der Waals surface area contributed by atoms with E-state index in [2.05, 4.69) is 55.0 Å². The van der Waals surface area contributed by atoms with Gasteiger partial charge < -0.3 is 19.7 Å². The molecule has 40 heavy (non-hydrogen) atoms. The zero-order valence-electron chi connectivity index (χ0n) is 24.1. The smallest absolute Gasteiger partial charge is 0.305 e. The Morgan fingerprint density at radius 1 is 1.10 bits per heavy atom. The van der Waals surface area contributed by atoms with Gasteiger partial charge in [0.05, 0.1) is 19.6 Å². The van der Waals surface area contributed by atoms with Gasteiger partial charge in [-0.15, -0.1) is 0 Å². The molecule has 1 aliphatic heterocycles. The number of carbonyl (C=O) groups is 1. The van der Waals surface area contributed by atoms with Crippen molar-refractivity contribution in [3.63, 3.8) is 0 Å². The second-order valence-corrected chi connectivity index (χ2v) is 11.3. The van der Waals surface area contributed by atoms with Gasteiger partial charge in [0.15, 0.2) is 0 Å². The number of aliphatic carboxylic acids is 1. The highest BCUT2D eigenvalue weighted by molar-refractivity contribution is 5.71. The van der Waals surface area contributed by atoms with Crippen molar-refractivity contribution >= 4 is 5.97 Å². The van der Waals surface area contributed by atoms with E-state index in [-0.39, 0.29) is 18.0 Å². The Labute approximate surface area is 237 Å². The summed E-state index contributed by atoms with van der Waals surface area (Å²) >= 11 is 0. The van der Waals surface area contributed by atoms with Gasteiger partial charge in [-0.3, -0.25) is 19.5 Å². The molecule has 0 radical (unpaired) electrons. The van der Waals surface area contributed by atoms with Crippen LogP contribution in [-0.4, -0.2) is 58.4 Å². The molecule has 1 fully saturated rings. The molecule has 2 N–H and O–H groups in total. The van der Waals surface area contributed by atoms with Gasteiger partial charge in [-0.05, 0) is 60.1 Å². The molecule has 0 aliphatic carbocycles. The summed E-state index contributed by atoms with van der Waals surface area (Å²) in [4.78, 5) is 31.8. The Morgan fingerprint density at radius 3 is 2.50 bits per heavy atom. The maximum atomic E-state index is 13.0. The Bertz CT molecular complexity index is 1330. The fourth-order valence-electron chi connectivity index (χ4n) is 5.60. The first-order chi connectivity index (χ1) is 19.2. The van der Waals surface area contributed by atoms with Gasteiger partial charge >= 0.3 is 5.97 Å². The Balaban J connectivity index is 1.59. The van der Waals surface area contributed by atoms with Crippen LogP contribution in [0.2, 0.25) is 0 Å². The van der Waals surface area contributed by atoms with Gasteiger partial charge in [0.25, 0.3) is 5.56 Å². The minimum atomic E-state index is -0.889. The summed E-state index contributed by atoms with van der Waals surface area (Å²) in [6.45, 7) is 12.9. The van der Waals surface area contributed by atoms with Crippen molar-refractivity contribution < 1.29 is 14.6 Å². The number of ether oxygens (including phenoxy) is 1. The second-order valence-electron chi connectivity index (χ2n) is 11.3. The molecule has 0 saturated carbocycles. The van der Waals surface area contributed by atoms with Crippen LogP contribution in [0.4, 0.5) is 0 Å². The Hall–Kier alpha value is -3.33. The predicted octanol–water partition coefficient (Wildman–Crippen LogP) is 4.75. The second kappa shape index (κ2) is 13.8. The molecule has 214 valence electrons. The third-order valence-corrected chi connectivity index (χ3v) is 7.56. The van der Waals surface area contributed by atoms with Gasteiger partial charge in [-0.25, -0.2) is 0 Å². The topological polar surface area (TPSA) is 96.7 Å². The molecular formula is C32H42N4O4. The number of carboxylic acids is 1. The molecule has 0 spiro atoms. The maximum Gasteiger partial charge on any atom is 0.305 e. The number of carboxylic acid groups (broad SMARTS) is 1. The van der Waals surface area contributed by atoms with E-state index in [1.165, 1.54) is 0 Å². The molecule has 1 aliphatic rings. The van der Waals surface area contributed by atoms with Crippen molar-refractivity contribution in [2.24, 2.45) is 5.92 Å². The lowest BCUT2D eigenvalue weighted by Gasteiger charge is -2.28. The quantitative estimate of drug-likeness (QED) is 0.338. The lowest BCUT2D eigenvalue weighted by atomic mass is 9.94. The molecule has 2 aromatic heterocycles. The number of nitrogens with one attached hydrogen (secondary N) is 1. The standard InChI is InChI=1S/C32H42N4O4/c1-22(2)14-28(36-21-25(8-9-30(36)37)20-35-10-12-40-13-11-35)19-34-29(16-31(38)39)26-15-27(18-33-17-26)32-23(3)6-5-7-24(32)4/h5-9,15,17-18,21-22,28-29,34H,10-14,16,19-20H2,1-4H3,(H,38,39)/t28?,29-/m0/s1. The molecule has 8 heteroatoms. The molecule has 0 amide bonds. The van der Waals surface area contributed by atoms with Crippen LogP contribution in [0.25, 0.3) is 11.1 Å².